The van der Waals surface area contributed by atoms with Crippen molar-refractivity contribution in [1.82, 2.24) is 5.43 Å². The van der Waals surface area contributed by atoms with Crippen LogP contribution in [0, 0.1) is 5.82 Å². The molecule has 0 radical (unpaired) electrons. The van der Waals surface area contributed by atoms with E-state index in [2.05, 4.69) is 26.5 Å². The summed E-state index contributed by atoms with van der Waals surface area (Å²) < 4.78 is 19.0. The van der Waals surface area contributed by atoms with Gasteiger partial charge in [0.1, 0.15) is 11.6 Å². The van der Waals surface area contributed by atoms with Crippen LogP contribution in [-0.4, -0.2) is 18.1 Å². The van der Waals surface area contributed by atoms with Crippen molar-refractivity contribution < 1.29 is 18.7 Å². The Kier molecular flexibility index (Phi) is 6.29. The summed E-state index contributed by atoms with van der Waals surface area (Å²) >= 11 is 3.31. The van der Waals surface area contributed by atoms with Crippen LogP contribution in [0.15, 0.2) is 82.4 Å². The first-order valence-electron chi connectivity index (χ1n) is 8.18. The Morgan fingerprint density at radius 1 is 0.964 bits per heavy atom. The maximum Gasteiger partial charge on any atom is 0.343 e. The normalized spacial score (nSPS) is 10.6. The molecule has 5 nitrogen and oxygen atoms in total. The zero-order chi connectivity index (χ0) is 19.9. The van der Waals surface area contributed by atoms with E-state index >= 15 is 0 Å². The molecule has 0 bridgehead atoms. The van der Waals surface area contributed by atoms with Crippen LogP contribution < -0.4 is 10.2 Å². The molecule has 1 amide bonds. The van der Waals surface area contributed by atoms with Gasteiger partial charge in [0.05, 0.1) is 11.8 Å². The smallest absolute Gasteiger partial charge is 0.343 e. The summed E-state index contributed by atoms with van der Waals surface area (Å²) in [7, 11) is 0. The molecule has 0 aliphatic heterocycles. The van der Waals surface area contributed by atoms with E-state index in [0.717, 1.165) is 4.47 Å². The number of nitrogens with zero attached hydrogens (tertiary/aromatic N) is 1. The van der Waals surface area contributed by atoms with Gasteiger partial charge in [-0.15, -0.1) is 0 Å². The summed E-state index contributed by atoms with van der Waals surface area (Å²) in [5.41, 5.74) is 3.79. The van der Waals surface area contributed by atoms with Gasteiger partial charge in [0, 0.05) is 10.0 Å². The molecule has 0 aliphatic rings. The average Bonchev–Trinajstić information content (AvgIpc) is 2.69. The third-order valence-corrected chi connectivity index (χ3v) is 4.13. The molecule has 28 heavy (non-hydrogen) atoms. The summed E-state index contributed by atoms with van der Waals surface area (Å²) in [6.07, 6.45) is 1.45. The van der Waals surface area contributed by atoms with E-state index in [0.29, 0.717) is 22.4 Å². The van der Waals surface area contributed by atoms with Crippen LogP contribution in [0.2, 0.25) is 0 Å². The zero-order valence-electron chi connectivity index (χ0n) is 14.4. The van der Waals surface area contributed by atoms with Gasteiger partial charge >= 0.3 is 5.97 Å². The predicted octanol–water partition coefficient (Wildman–Crippen LogP) is 4.57. The Labute approximate surface area is 169 Å². The van der Waals surface area contributed by atoms with Crippen LogP contribution in [0.25, 0.3) is 0 Å². The molecule has 7 heteroatoms. The number of carbonyl (C=O) groups is 2. The third-order valence-electron chi connectivity index (χ3n) is 3.64. The van der Waals surface area contributed by atoms with Gasteiger partial charge in [0.2, 0.25) is 0 Å². The van der Waals surface area contributed by atoms with Crippen molar-refractivity contribution in [3.8, 4) is 5.75 Å². The molecule has 0 atom stereocenters. The second-order valence-corrected chi connectivity index (χ2v) is 6.59. The van der Waals surface area contributed by atoms with E-state index in [9.17, 15) is 14.0 Å². The van der Waals surface area contributed by atoms with Crippen LogP contribution in [0.1, 0.15) is 26.3 Å². The lowest BCUT2D eigenvalue weighted by molar-refractivity contribution is 0.0734. The maximum atomic E-state index is 12.9. The van der Waals surface area contributed by atoms with Gasteiger partial charge in [-0.25, -0.2) is 14.6 Å². The summed E-state index contributed by atoms with van der Waals surface area (Å²) in [6, 6.07) is 18.7. The Morgan fingerprint density at radius 2 is 1.68 bits per heavy atom. The number of amides is 1. The van der Waals surface area contributed by atoms with Crippen molar-refractivity contribution >= 4 is 34.0 Å². The average molecular weight is 441 g/mol. The van der Waals surface area contributed by atoms with Crippen molar-refractivity contribution in [2.24, 2.45) is 5.10 Å². The Balaban J connectivity index is 1.56. The number of hydrogen-bond acceptors (Lipinski definition) is 4. The number of rotatable bonds is 5. The SMILES string of the molecule is O=C(NN=Cc1ccc(OC(=O)c2cccc(Br)c2)cc1)c1ccc(F)cc1. The quantitative estimate of drug-likeness (QED) is 0.273. The number of carbonyl (C=O) groups excluding carboxylic acids is 2. The lowest BCUT2D eigenvalue weighted by atomic mass is 10.2. The van der Waals surface area contributed by atoms with E-state index in [-0.39, 0.29) is 0 Å². The Morgan fingerprint density at radius 3 is 2.36 bits per heavy atom. The molecule has 140 valence electrons. The molecular formula is C21H14BrFN2O3. The third kappa shape index (κ3) is 5.34. The predicted molar refractivity (Wildman–Crippen MR) is 107 cm³/mol. The number of esters is 1. The first-order valence-corrected chi connectivity index (χ1v) is 8.97. The largest absolute Gasteiger partial charge is 0.423 e. The van der Waals surface area contributed by atoms with Gasteiger partial charge in [-0.1, -0.05) is 22.0 Å². The Bertz CT molecular complexity index is 1020. The minimum Gasteiger partial charge on any atom is -0.423 e. The number of hydrogen-bond donors (Lipinski definition) is 1. The van der Waals surface area contributed by atoms with Crippen molar-refractivity contribution in [1.29, 1.82) is 0 Å². The molecule has 0 unspecified atom stereocenters. The first kappa shape index (κ1) is 19.4. The fourth-order valence-electron chi connectivity index (χ4n) is 2.23. The van der Waals surface area contributed by atoms with Crippen molar-refractivity contribution in [2.45, 2.75) is 0 Å². The molecule has 3 rings (SSSR count). The summed E-state index contributed by atoms with van der Waals surface area (Å²) in [5.74, 6) is -0.941. The van der Waals surface area contributed by atoms with E-state index < -0.39 is 17.7 Å². The second-order valence-electron chi connectivity index (χ2n) is 5.67. The monoisotopic (exact) mass is 440 g/mol. The highest BCUT2D eigenvalue weighted by Gasteiger charge is 2.08. The minimum absolute atomic E-state index is 0.299. The summed E-state index contributed by atoms with van der Waals surface area (Å²) in [5, 5.41) is 3.86. The van der Waals surface area contributed by atoms with Crippen LogP contribution in [0.3, 0.4) is 0 Å². The fourth-order valence-corrected chi connectivity index (χ4v) is 2.63. The highest BCUT2D eigenvalue weighted by Crippen LogP contribution is 2.16. The molecule has 0 saturated heterocycles. The first-order chi connectivity index (χ1) is 13.5. The van der Waals surface area contributed by atoms with Crippen molar-refractivity contribution in [2.75, 3.05) is 0 Å². The Hall–Kier alpha value is -3.32. The lowest BCUT2D eigenvalue weighted by Gasteiger charge is -2.05. The van der Waals surface area contributed by atoms with Crippen molar-refractivity contribution in [3.05, 3.63) is 99.8 Å². The molecular weight excluding hydrogens is 427 g/mol. The van der Waals surface area contributed by atoms with E-state index in [1.807, 2.05) is 6.07 Å². The van der Waals surface area contributed by atoms with E-state index in [1.165, 1.54) is 30.5 Å². The molecule has 0 heterocycles. The summed E-state index contributed by atoms with van der Waals surface area (Å²) in [6.45, 7) is 0. The van der Waals surface area contributed by atoms with Crippen LogP contribution >= 0.6 is 15.9 Å². The number of halogens is 2. The topological polar surface area (TPSA) is 67.8 Å². The molecule has 0 aliphatic carbocycles. The van der Waals surface area contributed by atoms with Crippen LogP contribution in [0.4, 0.5) is 4.39 Å². The van der Waals surface area contributed by atoms with Gasteiger partial charge in [0.15, 0.2) is 0 Å². The van der Waals surface area contributed by atoms with Gasteiger partial charge in [-0.2, -0.15) is 5.10 Å². The molecule has 3 aromatic carbocycles. The molecule has 0 spiro atoms. The van der Waals surface area contributed by atoms with Crippen LogP contribution in [0.5, 0.6) is 5.75 Å². The molecule has 1 N–H and O–H groups in total. The number of ether oxygens (including phenoxy) is 1. The second kappa shape index (κ2) is 9.05. The highest BCUT2D eigenvalue weighted by atomic mass is 79.9. The molecule has 3 aromatic rings. The van der Waals surface area contributed by atoms with Gasteiger partial charge in [-0.3, -0.25) is 4.79 Å². The van der Waals surface area contributed by atoms with Gasteiger partial charge in [-0.05, 0) is 72.3 Å². The molecule has 0 aromatic heterocycles. The highest BCUT2D eigenvalue weighted by molar-refractivity contribution is 9.10. The van der Waals surface area contributed by atoms with Gasteiger partial charge in [0.25, 0.3) is 5.91 Å². The zero-order valence-corrected chi connectivity index (χ0v) is 16.0. The van der Waals surface area contributed by atoms with Crippen molar-refractivity contribution in [3.63, 3.8) is 0 Å². The van der Waals surface area contributed by atoms with E-state index in [1.54, 1.807) is 42.5 Å². The maximum absolute atomic E-state index is 12.9. The number of nitrogens with one attached hydrogen (secondary N) is 1. The van der Waals surface area contributed by atoms with E-state index in [4.69, 9.17) is 4.74 Å². The number of benzene rings is 3. The molecule has 0 saturated carbocycles. The van der Waals surface area contributed by atoms with Crippen LogP contribution in [-0.2, 0) is 0 Å². The summed E-state index contributed by atoms with van der Waals surface area (Å²) in [4.78, 5) is 24.0. The minimum atomic E-state index is -0.464. The standard InChI is InChI=1S/C21H14BrFN2O3/c22-17-3-1-2-16(12-17)21(27)28-19-10-4-14(5-11-19)13-24-25-20(26)15-6-8-18(23)9-7-15/h1-13H,(H,25,26). The molecule has 0 fully saturated rings. The fraction of sp³-hybridized carbons (Fsp3) is 0. The number of hydrazone groups is 1. The lowest BCUT2D eigenvalue weighted by Crippen LogP contribution is -2.17. The van der Waals surface area contributed by atoms with Gasteiger partial charge < -0.3 is 4.74 Å².